The van der Waals surface area contributed by atoms with Crippen molar-refractivity contribution in [3.8, 4) is 0 Å². The highest BCUT2D eigenvalue weighted by Crippen LogP contribution is 2.48. The maximum Gasteiger partial charge on any atom is 0.143 e. The summed E-state index contributed by atoms with van der Waals surface area (Å²) >= 11 is 3.12. The van der Waals surface area contributed by atoms with Crippen LogP contribution in [0.2, 0.25) is 0 Å². The van der Waals surface area contributed by atoms with Gasteiger partial charge in [-0.3, -0.25) is 0 Å². The van der Waals surface area contributed by atoms with Crippen LogP contribution in [-0.4, -0.2) is 13.1 Å². The molecule has 0 atom stereocenters. The third kappa shape index (κ3) is 3.76. The lowest BCUT2D eigenvalue weighted by Gasteiger charge is -2.18. The molecule has 106 valence electrons. The Balaban J connectivity index is 2.03. The molecule has 0 unspecified atom stereocenters. The predicted octanol–water partition coefficient (Wildman–Crippen LogP) is 4.30. The lowest BCUT2D eigenvalue weighted by atomic mass is 9.95. The minimum absolute atomic E-state index is 0.0529. The van der Waals surface area contributed by atoms with Gasteiger partial charge in [0.15, 0.2) is 0 Å². The Bertz CT molecular complexity index is 456. The van der Waals surface area contributed by atoms with Gasteiger partial charge in [-0.1, -0.05) is 13.8 Å². The van der Waals surface area contributed by atoms with Crippen LogP contribution in [0.4, 0.5) is 8.78 Å². The summed E-state index contributed by atoms with van der Waals surface area (Å²) in [6.45, 7) is 6.10. The Kier molecular flexibility index (Phi) is 4.62. The van der Waals surface area contributed by atoms with E-state index in [1.807, 2.05) is 0 Å². The molecule has 1 aliphatic carbocycles. The van der Waals surface area contributed by atoms with Crippen molar-refractivity contribution in [3.63, 3.8) is 0 Å². The van der Waals surface area contributed by atoms with Gasteiger partial charge in [0.2, 0.25) is 0 Å². The summed E-state index contributed by atoms with van der Waals surface area (Å²) in [6.07, 6.45) is 2.57. The lowest BCUT2D eigenvalue weighted by molar-refractivity contribution is 0.415. The summed E-state index contributed by atoms with van der Waals surface area (Å²) in [5, 5.41) is 3.40. The molecular formula is C15H20BrF2N. The zero-order valence-electron chi connectivity index (χ0n) is 11.4. The van der Waals surface area contributed by atoms with Gasteiger partial charge in [-0.15, -0.1) is 0 Å². The SMILES string of the molecule is CC(C)CNCC1(Cc2c(F)ccc(Br)c2F)CC1. The monoisotopic (exact) mass is 331 g/mol. The van der Waals surface area contributed by atoms with E-state index < -0.39 is 11.6 Å². The molecule has 0 aliphatic heterocycles. The van der Waals surface area contributed by atoms with Crippen LogP contribution in [0.15, 0.2) is 16.6 Å². The molecule has 1 aromatic rings. The molecule has 1 nitrogen and oxygen atoms in total. The van der Waals surface area contributed by atoms with Crippen LogP contribution in [0.25, 0.3) is 0 Å². The van der Waals surface area contributed by atoms with Crippen molar-refractivity contribution in [2.75, 3.05) is 13.1 Å². The highest BCUT2D eigenvalue weighted by molar-refractivity contribution is 9.10. The van der Waals surface area contributed by atoms with Gasteiger partial charge in [0.05, 0.1) is 4.47 Å². The van der Waals surface area contributed by atoms with Crippen LogP contribution in [0, 0.1) is 23.0 Å². The topological polar surface area (TPSA) is 12.0 Å². The van der Waals surface area contributed by atoms with E-state index in [4.69, 9.17) is 0 Å². The van der Waals surface area contributed by atoms with Crippen LogP contribution >= 0.6 is 15.9 Å². The van der Waals surface area contributed by atoms with Crippen molar-refractivity contribution in [1.29, 1.82) is 0 Å². The van der Waals surface area contributed by atoms with Gasteiger partial charge in [-0.25, -0.2) is 8.78 Å². The van der Waals surface area contributed by atoms with Crippen LogP contribution in [0.3, 0.4) is 0 Å². The third-order valence-electron chi connectivity index (χ3n) is 3.70. The largest absolute Gasteiger partial charge is 0.316 e. The standard InChI is InChI=1S/C15H20BrF2N/c1-10(2)8-19-9-15(5-6-15)7-11-13(17)4-3-12(16)14(11)18/h3-4,10,19H,5-9H2,1-2H3. The average molecular weight is 332 g/mol. The Hall–Kier alpha value is -0.480. The molecule has 0 amide bonds. The Morgan fingerprint density at radius 2 is 2.00 bits per heavy atom. The first-order valence-electron chi connectivity index (χ1n) is 6.77. The lowest BCUT2D eigenvalue weighted by Crippen LogP contribution is -2.29. The smallest absolute Gasteiger partial charge is 0.143 e. The number of nitrogens with one attached hydrogen (secondary N) is 1. The Morgan fingerprint density at radius 1 is 1.32 bits per heavy atom. The molecule has 0 radical (unpaired) electrons. The van der Waals surface area contributed by atoms with E-state index in [0.717, 1.165) is 25.9 Å². The molecular weight excluding hydrogens is 312 g/mol. The van der Waals surface area contributed by atoms with Crippen molar-refractivity contribution in [1.82, 2.24) is 5.32 Å². The van der Waals surface area contributed by atoms with Crippen molar-refractivity contribution in [2.24, 2.45) is 11.3 Å². The summed E-state index contributed by atoms with van der Waals surface area (Å²) in [6, 6.07) is 2.75. The molecule has 0 aromatic heterocycles. The Labute approximate surface area is 121 Å². The summed E-state index contributed by atoms with van der Waals surface area (Å²) in [5.41, 5.74) is 0.274. The van der Waals surface area contributed by atoms with E-state index in [1.165, 1.54) is 12.1 Å². The summed E-state index contributed by atoms with van der Waals surface area (Å²) in [7, 11) is 0. The molecule has 0 heterocycles. The minimum Gasteiger partial charge on any atom is -0.316 e. The zero-order valence-corrected chi connectivity index (χ0v) is 13.0. The van der Waals surface area contributed by atoms with Gasteiger partial charge in [0.1, 0.15) is 11.6 Å². The summed E-state index contributed by atoms with van der Waals surface area (Å²) in [4.78, 5) is 0. The van der Waals surface area contributed by atoms with E-state index in [2.05, 4.69) is 35.1 Å². The number of hydrogen-bond donors (Lipinski definition) is 1. The molecule has 0 saturated heterocycles. The van der Waals surface area contributed by atoms with E-state index in [0.29, 0.717) is 16.8 Å². The van der Waals surface area contributed by atoms with Crippen LogP contribution in [-0.2, 0) is 6.42 Å². The minimum atomic E-state index is -0.449. The molecule has 1 aliphatic rings. The van der Waals surface area contributed by atoms with Crippen LogP contribution in [0.5, 0.6) is 0 Å². The highest BCUT2D eigenvalue weighted by atomic mass is 79.9. The molecule has 1 fully saturated rings. The van der Waals surface area contributed by atoms with Crippen molar-refractivity contribution in [3.05, 3.63) is 33.8 Å². The van der Waals surface area contributed by atoms with E-state index >= 15 is 0 Å². The molecule has 0 spiro atoms. The number of halogens is 3. The van der Waals surface area contributed by atoms with Gasteiger partial charge in [0.25, 0.3) is 0 Å². The number of benzene rings is 1. The molecule has 0 bridgehead atoms. The third-order valence-corrected chi connectivity index (χ3v) is 4.31. The van der Waals surface area contributed by atoms with Gasteiger partial charge in [0, 0.05) is 12.1 Å². The van der Waals surface area contributed by atoms with Gasteiger partial charge >= 0.3 is 0 Å². The normalized spacial score (nSPS) is 16.9. The molecule has 1 N–H and O–H groups in total. The molecule has 4 heteroatoms. The second kappa shape index (κ2) is 5.88. The van der Waals surface area contributed by atoms with Gasteiger partial charge in [-0.05, 0) is 65.2 Å². The number of rotatable bonds is 6. The maximum atomic E-state index is 14.0. The van der Waals surface area contributed by atoms with Crippen molar-refractivity contribution < 1.29 is 8.78 Å². The van der Waals surface area contributed by atoms with Crippen molar-refractivity contribution >= 4 is 15.9 Å². The highest BCUT2D eigenvalue weighted by Gasteiger charge is 2.43. The molecule has 1 saturated carbocycles. The zero-order chi connectivity index (χ0) is 14.0. The molecule has 2 rings (SSSR count). The first-order valence-corrected chi connectivity index (χ1v) is 7.56. The summed E-state index contributed by atoms with van der Waals surface area (Å²) < 4.78 is 28.1. The second-order valence-electron chi connectivity index (χ2n) is 6.02. The van der Waals surface area contributed by atoms with Gasteiger partial charge < -0.3 is 5.32 Å². The van der Waals surface area contributed by atoms with Crippen LogP contribution < -0.4 is 5.32 Å². The van der Waals surface area contributed by atoms with E-state index in [1.54, 1.807) is 0 Å². The Morgan fingerprint density at radius 3 is 2.58 bits per heavy atom. The summed E-state index contributed by atoms with van der Waals surface area (Å²) in [5.74, 6) is -0.291. The van der Waals surface area contributed by atoms with Gasteiger partial charge in [-0.2, -0.15) is 0 Å². The quantitative estimate of drug-likeness (QED) is 0.766. The predicted molar refractivity (Wildman–Crippen MR) is 77.1 cm³/mol. The fourth-order valence-corrected chi connectivity index (χ4v) is 2.70. The second-order valence-corrected chi connectivity index (χ2v) is 6.88. The molecule has 19 heavy (non-hydrogen) atoms. The van der Waals surface area contributed by atoms with Crippen LogP contribution in [0.1, 0.15) is 32.3 Å². The van der Waals surface area contributed by atoms with E-state index in [-0.39, 0.29) is 11.0 Å². The van der Waals surface area contributed by atoms with E-state index in [9.17, 15) is 8.78 Å². The van der Waals surface area contributed by atoms with Crippen molar-refractivity contribution in [2.45, 2.75) is 33.1 Å². The first kappa shape index (κ1) is 14.9. The fourth-order valence-electron chi connectivity index (χ4n) is 2.32. The first-order chi connectivity index (χ1) is 8.93. The average Bonchev–Trinajstić information content (AvgIpc) is 3.10. The fraction of sp³-hybridized carbons (Fsp3) is 0.600. The number of hydrogen-bond acceptors (Lipinski definition) is 1. The molecule has 1 aromatic carbocycles. The maximum absolute atomic E-state index is 14.0.